The van der Waals surface area contributed by atoms with E-state index in [0.29, 0.717) is 5.92 Å². The van der Waals surface area contributed by atoms with E-state index in [-0.39, 0.29) is 18.3 Å². The summed E-state index contributed by atoms with van der Waals surface area (Å²) in [4.78, 5) is 15.5. The van der Waals surface area contributed by atoms with Gasteiger partial charge >= 0.3 is 0 Å². The number of hydrogen-bond donors (Lipinski definition) is 1. The molecule has 0 radical (unpaired) electrons. The highest BCUT2D eigenvalue weighted by molar-refractivity contribution is 5.85. The molecular weight excluding hydrogens is 376 g/mol. The first kappa shape index (κ1) is 20.7. The highest BCUT2D eigenvalue weighted by Crippen LogP contribution is 2.31. The summed E-state index contributed by atoms with van der Waals surface area (Å²) in [5, 5.41) is 7.80. The van der Waals surface area contributed by atoms with Gasteiger partial charge in [0.1, 0.15) is 11.3 Å². The maximum absolute atomic E-state index is 13.5. The Morgan fingerprint density at radius 3 is 2.50 bits per heavy atom. The number of ether oxygens (including phenoxy) is 1. The van der Waals surface area contributed by atoms with E-state index in [1.165, 1.54) is 0 Å². The molecule has 0 aliphatic carbocycles. The van der Waals surface area contributed by atoms with Crippen molar-refractivity contribution in [1.29, 1.82) is 0 Å². The maximum Gasteiger partial charge on any atom is 0.250 e. The zero-order chi connectivity index (χ0) is 18.5. The molecule has 152 valence electrons. The van der Waals surface area contributed by atoms with Crippen molar-refractivity contribution < 1.29 is 9.53 Å². The third kappa shape index (κ3) is 4.33. The number of hydrogen-bond acceptors (Lipinski definition) is 4. The number of amides is 1. The van der Waals surface area contributed by atoms with Gasteiger partial charge in [0.2, 0.25) is 0 Å². The van der Waals surface area contributed by atoms with Gasteiger partial charge in [-0.2, -0.15) is 5.10 Å². The molecule has 28 heavy (non-hydrogen) atoms. The summed E-state index contributed by atoms with van der Waals surface area (Å²) < 4.78 is 7.80. The van der Waals surface area contributed by atoms with Crippen molar-refractivity contribution >= 4 is 18.3 Å². The second-order valence-corrected chi connectivity index (χ2v) is 7.59. The predicted octanol–water partition coefficient (Wildman–Crippen LogP) is 2.70. The molecule has 1 N–H and O–H groups in total. The van der Waals surface area contributed by atoms with E-state index < -0.39 is 5.54 Å². The Labute approximate surface area is 172 Å². The third-order valence-corrected chi connectivity index (χ3v) is 5.90. The molecule has 0 bridgehead atoms. The molecule has 2 fully saturated rings. The van der Waals surface area contributed by atoms with Crippen molar-refractivity contribution in [3.63, 3.8) is 0 Å². The fourth-order valence-electron chi connectivity index (χ4n) is 4.23. The fourth-order valence-corrected chi connectivity index (χ4v) is 4.23. The van der Waals surface area contributed by atoms with E-state index in [4.69, 9.17) is 4.74 Å². The van der Waals surface area contributed by atoms with E-state index in [9.17, 15) is 4.79 Å². The summed E-state index contributed by atoms with van der Waals surface area (Å²) >= 11 is 0. The van der Waals surface area contributed by atoms with Crippen LogP contribution >= 0.6 is 12.4 Å². The van der Waals surface area contributed by atoms with E-state index >= 15 is 0 Å². The van der Waals surface area contributed by atoms with Gasteiger partial charge in [0.05, 0.1) is 6.61 Å². The van der Waals surface area contributed by atoms with Crippen LogP contribution in [0.25, 0.3) is 0 Å². The van der Waals surface area contributed by atoms with Crippen LogP contribution in [0.4, 0.5) is 0 Å². The zero-order valence-corrected chi connectivity index (χ0v) is 16.9. The van der Waals surface area contributed by atoms with Gasteiger partial charge in [0.25, 0.3) is 5.91 Å². The lowest BCUT2D eigenvalue weighted by molar-refractivity contribution is -0.144. The minimum atomic E-state index is -0.526. The second kappa shape index (κ2) is 9.43. The molecule has 0 spiro atoms. The van der Waals surface area contributed by atoms with Crippen molar-refractivity contribution in [2.24, 2.45) is 5.92 Å². The molecule has 3 heterocycles. The van der Waals surface area contributed by atoms with Crippen LogP contribution in [0.2, 0.25) is 0 Å². The summed E-state index contributed by atoms with van der Waals surface area (Å²) in [6.45, 7) is 4.04. The smallest absolute Gasteiger partial charge is 0.250 e. The van der Waals surface area contributed by atoms with Crippen LogP contribution in [0.15, 0.2) is 48.8 Å². The molecule has 2 aliphatic rings. The molecule has 2 aliphatic heterocycles. The number of likely N-dealkylation sites (tertiary alicyclic amines) is 1. The van der Waals surface area contributed by atoms with Crippen LogP contribution in [0.5, 0.6) is 5.75 Å². The number of nitrogens with zero attached hydrogens (tertiary/aromatic N) is 3. The molecule has 1 aromatic carbocycles. The molecule has 0 unspecified atom stereocenters. The number of nitrogens with one attached hydrogen (secondary N) is 1. The zero-order valence-electron chi connectivity index (χ0n) is 16.1. The van der Waals surface area contributed by atoms with Crippen LogP contribution < -0.4 is 10.1 Å². The first-order chi connectivity index (χ1) is 13.3. The number of piperidine rings is 2. The Kier molecular flexibility index (Phi) is 6.97. The Balaban J connectivity index is 0.00000225. The summed E-state index contributed by atoms with van der Waals surface area (Å²) in [5.74, 6) is 1.65. The maximum atomic E-state index is 13.5. The number of halogens is 1. The predicted molar refractivity (Wildman–Crippen MR) is 111 cm³/mol. The fraction of sp³-hybridized carbons (Fsp3) is 0.524. The SMILES string of the molecule is Cl.O=C(N1CCC(COc2ccccc2)CC1)C1(n2cccn2)CCNCC1. The molecule has 2 aromatic rings. The van der Waals surface area contributed by atoms with E-state index in [1.54, 1.807) is 6.20 Å². The minimum Gasteiger partial charge on any atom is -0.493 e. The number of carbonyl (C=O) groups excluding carboxylic acids is 1. The highest BCUT2D eigenvalue weighted by Gasteiger charge is 2.45. The van der Waals surface area contributed by atoms with Crippen LogP contribution in [0, 0.1) is 5.92 Å². The van der Waals surface area contributed by atoms with Gasteiger partial charge in [-0.3, -0.25) is 9.48 Å². The van der Waals surface area contributed by atoms with Crippen molar-refractivity contribution in [3.05, 3.63) is 48.8 Å². The second-order valence-electron chi connectivity index (χ2n) is 7.59. The summed E-state index contributed by atoms with van der Waals surface area (Å²) in [7, 11) is 0. The highest BCUT2D eigenvalue weighted by atomic mass is 35.5. The van der Waals surface area contributed by atoms with E-state index in [2.05, 4.69) is 10.4 Å². The van der Waals surface area contributed by atoms with Gasteiger partial charge in [-0.1, -0.05) is 18.2 Å². The van der Waals surface area contributed by atoms with E-state index in [0.717, 1.165) is 64.2 Å². The Morgan fingerprint density at radius 2 is 1.86 bits per heavy atom. The number of carbonyl (C=O) groups is 1. The van der Waals surface area contributed by atoms with Crippen molar-refractivity contribution in [1.82, 2.24) is 20.0 Å². The van der Waals surface area contributed by atoms with Gasteiger partial charge < -0.3 is 15.0 Å². The third-order valence-electron chi connectivity index (χ3n) is 5.90. The molecule has 0 saturated carbocycles. The normalized spacial score (nSPS) is 19.6. The van der Waals surface area contributed by atoms with Crippen LogP contribution in [0.1, 0.15) is 25.7 Å². The lowest BCUT2D eigenvalue weighted by atomic mass is 9.85. The topological polar surface area (TPSA) is 59.4 Å². The lowest BCUT2D eigenvalue weighted by Gasteiger charge is -2.42. The van der Waals surface area contributed by atoms with Crippen LogP contribution in [0.3, 0.4) is 0 Å². The molecular formula is C21H29ClN4O2. The number of aromatic nitrogens is 2. The first-order valence-electron chi connectivity index (χ1n) is 9.96. The lowest BCUT2D eigenvalue weighted by Crippen LogP contribution is -2.57. The van der Waals surface area contributed by atoms with E-state index in [1.807, 2.05) is 52.2 Å². The van der Waals surface area contributed by atoms with Crippen LogP contribution in [-0.2, 0) is 10.3 Å². The number of rotatable bonds is 5. The summed E-state index contributed by atoms with van der Waals surface area (Å²) in [6, 6.07) is 11.9. The summed E-state index contributed by atoms with van der Waals surface area (Å²) in [5.41, 5.74) is -0.526. The molecule has 6 nitrogen and oxygen atoms in total. The molecule has 7 heteroatoms. The van der Waals surface area contributed by atoms with Gasteiger partial charge in [0, 0.05) is 25.5 Å². The van der Waals surface area contributed by atoms with Crippen molar-refractivity contribution in [3.8, 4) is 5.75 Å². The molecule has 0 atom stereocenters. The van der Waals surface area contributed by atoms with Gasteiger partial charge in [0.15, 0.2) is 0 Å². The molecule has 1 aromatic heterocycles. The van der Waals surface area contributed by atoms with Gasteiger partial charge in [-0.15, -0.1) is 12.4 Å². The van der Waals surface area contributed by atoms with Gasteiger partial charge in [-0.05, 0) is 62.9 Å². The number of para-hydroxylation sites is 1. The molecule has 4 rings (SSSR count). The number of benzene rings is 1. The molecule has 2 saturated heterocycles. The summed E-state index contributed by atoms with van der Waals surface area (Å²) in [6.07, 6.45) is 7.28. The van der Waals surface area contributed by atoms with Crippen molar-refractivity contribution in [2.75, 3.05) is 32.8 Å². The minimum absolute atomic E-state index is 0. The Bertz CT molecular complexity index is 724. The van der Waals surface area contributed by atoms with Gasteiger partial charge in [-0.25, -0.2) is 0 Å². The standard InChI is InChI=1S/C21H28N4O2.ClH/c26-20(21(9-12-22-13-10-21)25-14-4-11-23-25)24-15-7-18(8-16-24)17-27-19-5-2-1-3-6-19;/h1-6,11,14,18,22H,7-10,12-13,15-17H2;1H. The molecule has 1 amide bonds. The largest absolute Gasteiger partial charge is 0.493 e. The average Bonchev–Trinajstić information content (AvgIpc) is 3.29. The average molecular weight is 405 g/mol. The van der Waals surface area contributed by atoms with Crippen LogP contribution in [-0.4, -0.2) is 53.4 Å². The quantitative estimate of drug-likeness (QED) is 0.832. The monoisotopic (exact) mass is 404 g/mol. The van der Waals surface area contributed by atoms with Crippen molar-refractivity contribution in [2.45, 2.75) is 31.2 Å². The first-order valence-corrected chi connectivity index (χ1v) is 9.96. The Hall–Kier alpha value is -2.05. The Morgan fingerprint density at radius 1 is 1.14 bits per heavy atom.